The average molecular weight is 427 g/mol. The van der Waals surface area contributed by atoms with E-state index in [4.69, 9.17) is 14.5 Å². The summed E-state index contributed by atoms with van der Waals surface area (Å²) in [6, 6.07) is 5.80. The molecule has 8 nitrogen and oxygen atoms in total. The van der Waals surface area contributed by atoms with Crippen molar-refractivity contribution in [3.8, 4) is 11.5 Å². The van der Waals surface area contributed by atoms with Crippen molar-refractivity contribution >= 4 is 16.0 Å². The normalized spacial score (nSPS) is 16.5. The van der Waals surface area contributed by atoms with Gasteiger partial charge in [0.15, 0.2) is 5.96 Å². The van der Waals surface area contributed by atoms with Crippen molar-refractivity contribution in [3.05, 3.63) is 23.8 Å². The van der Waals surface area contributed by atoms with Gasteiger partial charge in [0.05, 0.1) is 20.5 Å². The number of benzene rings is 1. The van der Waals surface area contributed by atoms with Crippen LogP contribution in [-0.4, -0.2) is 77.3 Å². The quantitative estimate of drug-likeness (QED) is 0.504. The fourth-order valence-corrected chi connectivity index (χ4v) is 4.30. The number of guanidine groups is 1. The minimum Gasteiger partial charge on any atom is -0.497 e. The summed E-state index contributed by atoms with van der Waals surface area (Å²) in [5.41, 5.74) is 1.04. The molecule has 0 unspecified atom stereocenters. The van der Waals surface area contributed by atoms with Gasteiger partial charge in [0, 0.05) is 51.4 Å². The summed E-state index contributed by atoms with van der Waals surface area (Å²) in [5.74, 6) is 2.76. The molecule has 0 amide bonds. The van der Waals surface area contributed by atoms with E-state index in [0.29, 0.717) is 32.1 Å². The Labute approximate surface area is 174 Å². The molecule has 1 aromatic carbocycles. The van der Waals surface area contributed by atoms with E-state index in [1.165, 1.54) is 6.26 Å². The van der Waals surface area contributed by atoms with Crippen molar-refractivity contribution in [2.75, 3.05) is 53.7 Å². The fraction of sp³-hybridized carbons (Fsp3) is 0.650. The molecule has 0 aromatic heterocycles. The third-order valence-electron chi connectivity index (χ3n) is 5.14. The fourth-order valence-electron chi connectivity index (χ4n) is 3.42. The topological polar surface area (TPSA) is 83.5 Å². The van der Waals surface area contributed by atoms with Gasteiger partial charge in [-0.2, -0.15) is 0 Å². The van der Waals surface area contributed by atoms with E-state index < -0.39 is 10.0 Å². The van der Waals surface area contributed by atoms with E-state index in [1.54, 1.807) is 18.5 Å². The van der Waals surface area contributed by atoms with E-state index in [-0.39, 0.29) is 0 Å². The monoisotopic (exact) mass is 426 g/mol. The van der Waals surface area contributed by atoms with Gasteiger partial charge in [-0.05, 0) is 37.8 Å². The molecule has 0 aliphatic carbocycles. The maximum absolute atomic E-state index is 11.7. The van der Waals surface area contributed by atoms with Gasteiger partial charge in [-0.1, -0.05) is 0 Å². The molecule has 1 heterocycles. The number of aliphatic imine (C=N–C) groups is 1. The Bertz CT molecular complexity index is 790. The van der Waals surface area contributed by atoms with Gasteiger partial charge in [0.1, 0.15) is 11.5 Å². The highest BCUT2D eigenvalue weighted by Gasteiger charge is 2.24. The summed E-state index contributed by atoms with van der Waals surface area (Å²) in [6.45, 7) is 5.30. The molecule has 1 saturated heterocycles. The Morgan fingerprint density at radius 3 is 2.52 bits per heavy atom. The zero-order valence-corrected chi connectivity index (χ0v) is 19.0. The first kappa shape index (κ1) is 23.3. The summed E-state index contributed by atoms with van der Waals surface area (Å²) < 4.78 is 35.6. The maximum atomic E-state index is 11.7. The molecule has 1 fully saturated rings. The molecule has 1 aliphatic rings. The summed E-state index contributed by atoms with van der Waals surface area (Å²) in [6.07, 6.45) is 2.95. The molecule has 1 N–H and O–H groups in total. The standard InChI is InChI=1S/C20H34N4O4S/c1-6-21-20(22-14-16-9-11-24(12-10-16)29(5,25)26)23(2)15-17-7-8-18(27-3)13-19(17)28-4/h7-8,13,16H,6,9-12,14-15H2,1-5H3,(H,21,22). The summed E-state index contributed by atoms with van der Waals surface area (Å²) in [5, 5.41) is 3.34. The highest BCUT2D eigenvalue weighted by molar-refractivity contribution is 7.88. The van der Waals surface area contributed by atoms with E-state index in [1.807, 2.05) is 32.2 Å². The minimum atomic E-state index is -3.09. The SMILES string of the molecule is CCNC(=NCC1CCN(S(C)(=O)=O)CC1)N(C)Cc1ccc(OC)cc1OC. The lowest BCUT2D eigenvalue weighted by molar-refractivity contribution is 0.279. The Balaban J connectivity index is 2.01. The largest absolute Gasteiger partial charge is 0.497 e. The maximum Gasteiger partial charge on any atom is 0.211 e. The molecule has 0 atom stereocenters. The lowest BCUT2D eigenvalue weighted by Gasteiger charge is -2.30. The lowest BCUT2D eigenvalue weighted by atomic mass is 9.98. The number of nitrogens with zero attached hydrogens (tertiary/aromatic N) is 3. The smallest absolute Gasteiger partial charge is 0.211 e. The van der Waals surface area contributed by atoms with Gasteiger partial charge >= 0.3 is 0 Å². The molecule has 9 heteroatoms. The first-order chi connectivity index (χ1) is 13.8. The van der Waals surface area contributed by atoms with Gasteiger partial charge in [-0.15, -0.1) is 0 Å². The van der Waals surface area contributed by atoms with Crippen molar-refractivity contribution in [3.63, 3.8) is 0 Å². The number of sulfonamides is 1. The Morgan fingerprint density at radius 1 is 1.28 bits per heavy atom. The molecule has 0 saturated carbocycles. The second kappa shape index (κ2) is 10.7. The van der Waals surface area contributed by atoms with Gasteiger partial charge in [-0.3, -0.25) is 4.99 Å². The molecular weight excluding hydrogens is 392 g/mol. The van der Waals surface area contributed by atoms with Gasteiger partial charge in [0.2, 0.25) is 10.0 Å². The molecular formula is C20H34N4O4S. The summed E-state index contributed by atoms with van der Waals surface area (Å²) in [4.78, 5) is 6.88. The molecule has 29 heavy (non-hydrogen) atoms. The van der Waals surface area contributed by atoms with E-state index in [9.17, 15) is 8.42 Å². The number of hydrogen-bond acceptors (Lipinski definition) is 5. The number of nitrogens with one attached hydrogen (secondary N) is 1. The predicted octanol–water partition coefficient (Wildman–Crippen LogP) is 1.77. The number of rotatable bonds is 8. The van der Waals surface area contributed by atoms with Crippen LogP contribution in [0.4, 0.5) is 0 Å². The number of hydrogen-bond donors (Lipinski definition) is 1. The molecule has 0 bridgehead atoms. The van der Waals surface area contributed by atoms with Crippen LogP contribution in [0.1, 0.15) is 25.3 Å². The number of piperidine rings is 1. The highest BCUT2D eigenvalue weighted by Crippen LogP contribution is 2.25. The van der Waals surface area contributed by atoms with Crippen LogP contribution in [0.3, 0.4) is 0 Å². The number of methoxy groups -OCH3 is 2. The van der Waals surface area contributed by atoms with Crippen molar-refractivity contribution in [2.24, 2.45) is 10.9 Å². The second-order valence-electron chi connectivity index (χ2n) is 7.33. The van der Waals surface area contributed by atoms with E-state index in [2.05, 4.69) is 10.2 Å². The van der Waals surface area contributed by atoms with E-state index >= 15 is 0 Å². The zero-order valence-electron chi connectivity index (χ0n) is 18.1. The molecule has 1 aliphatic heterocycles. The van der Waals surface area contributed by atoms with Crippen molar-refractivity contribution in [2.45, 2.75) is 26.3 Å². The molecule has 1 aromatic rings. The predicted molar refractivity (Wildman–Crippen MR) is 116 cm³/mol. The van der Waals surface area contributed by atoms with Crippen LogP contribution < -0.4 is 14.8 Å². The van der Waals surface area contributed by atoms with Crippen LogP contribution in [-0.2, 0) is 16.6 Å². The molecule has 164 valence electrons. The van der Waals surface area contributed by atoms with Crippen molar-refractivity contribution in [1.82, 2.24) is 14.5 Å². The Morgan fingerprint density at radius 2 is 1.97 bits per heavy atom. The van der Waals surface area contributed by atoms with Crippen molar-refractivity contribution in [1.29, 1.82) is 0 Å². The summed E-state index contributed by atoms with van der Waals surface area (Å²) in [7, 11) is 2.19. The molecule has 2 rings (SSSR count). The highest BCUT2D eigenvalue weighted by atomic mass is 32.2. The zero-order chi connectivity index (χ0) is 21.4. The van der Waals surface area contributed by atoms with Crippen LogP contribution in [0.25, 0.3) is 0 Å². The summed E-state index contributed by atoms with van der Waals surface area (Å²) >= 11 is 0. The third kappa shape index (κ3) is 6.78. The van der Waals surface area contributed by atoms with Crippen LogP contribution in [0, 0.1) is 5.92 Å². The van der Waals surface area contributed by atoms with Crippen LogP contribution >= 0.6 is 0 Å². The van der Waals surface area contributed by atoms with Crippen LogP contribution in [0.15, 0.2) is 23.2 Å². The van der Waals surface area contributed by atoms with Crippen molar-refractivity contribution < 1.29 is 17.9 Å². The lowest BCUT2D eigenvalue weighted by Crippen LogP contribution is -2.40. The minimum absolute atomic E-state index is 0.394. The average Bonchev–Trinajstić information content (AvgIpc) is 2.70. The number of ether oxygens (including phenoxy) is 2. The van der Waals surface area contributed by atoms with Crippen LogP contribution in [0.5, 0.6) is 11.5 Å². The molecule has 0 spiro atoms. The van der Waals surface area contributed by atoms with Gasteiger partial charge < -0.3 is 19.7 Å². The second-order valence-corrected chi connectivity index (χ2v) is 9.32. The third-order valence-corrected chi connectivity index (χ3v) is 6.44. The van der Waals surface area contributed by atoms with Gasteiger partial charge in [0.25, 0.3) is 0 Å². The molecule has 0 radical (unpaired) electrons. The Hall–Kier alpha value is -2.00. The first-order valence-electron chi connectivity index (χ1n) is 9.94. The van der Waals surface area contributed by atoms with Crippen LogP contribution in [0.2, 0.25) is 0 Å². The van der Waals surface area contributed by atoms with Gasteiger partial charge in [-0.25, -0.2) is 12.7 Å². The Kier molecular flexibility index (Phi) is 8.58. The first-order valence-corrected chi connectivity index (χ1v) is 11.8. The van der Waals surface area contributed by atoms with E-state index in [0.717, 1.165) is 42.4 Å².